The number of aromatic carboxylic acids is 1. The third kappa shape index (κ3) is 3.01. The topological polar surface area (TPSA) is 82.7 Å². The standard InChI is InChI=1S/C14H22N4O2/c1-3-18-8-6-10(7-9-18)17(2)13-11(15)4-5-12(16-13)14(19)20/h4-5,10H,3,6-9,15H2,1-2H3,(H,19,20). The SMILES string of the molecule is CCN1CCC(N(C)c2nc(C(=O)O)ccc2N)CC1. The number of hydrogen-bond acceptors (Lipinski definition) is 5. The van der Waals surface area contributed by atoms with E-state index in [0.717, 1.165) is 32.5 Å². The molecule has 20 heavy (non-hydrogen) atoms. The molecular weight excluding hydrogens is 256 g/mol. The average molecular weight is 278 g/mol. The zero-order chi connectivity index (χ0) is 14.7. The number of hydrogen-bond donors (Lipinski definition) is 2. The van der Waals surface area contributed by atoms with Crippen molar-refractivity contribution in [3.05, 3.63) is 17.8 Å². The van der Waals surface area contributed by atoms with Crippen LogP contribution in [0.25, 0.3) is 0 Å². The van der Waals surface area contributed by atoms with Crippen molar-refractivity contribution in [1.82, 2.24) is 9.88 Å². The van der Waals surface area contributed by atoms with Gasteiger partial charge in [0.15, 0.2) is 11.5 Å². The number of pyridine rings is 1. The Labute approximate surface area is 119 Å². The first-order chi connectivity index (χ1) is 9.52. The van der Waals surface area contributed by atoms with Crippen LogP contribution in [0.15, 0.2) is 12.1 Å². The summed E-state index contributed by atoms with van der Waals surface area (Å²) in [7, 11) is 1.94. The molecule has 6 nitrogen and oxygen atoms in total. The molecule has 0 atom stereocenters. The summed E-state index contributed by atoms with van der Waals surface area (Å²) in [4.78, 5) is 19.6. The number of nitrogen functional groups attached to an aromatic ring is 1. The molecule has 1 aromatic rings. The molecule has 0 aromatic carbocycles. The van der Waals surface area contributed by atoms with Gasteiger partial charge in [0.05, 0.1) is 5.69 Å². The maximum absolute atomic E-state index is 11.0. The van der Waals surface area contributed by atoms with Gasteiger partial charge in [0, 0.05) is 26.2 Å². The lowest BCUT2D eigenvalue weighted by Gasteiger charge is -2.37. The van der Waals surface area contributed by atoms with E-state index in [9.17, 15) is 4.79 Å². The number of nitrogens with zero attached hydrogens (tertiary/aromatic N) is 3. The Bertz CT molecular complexity index is 484. The first kappa shape index (κ1) is 14.6. The summed E-state index contributed by atoms with van der Waals surface area (Å²) >= 11 is 0. The molecule has 0 radical (unpaired) electrons. The maximum atomic E-state index is 11.0. The van der Waals surface area contributed by atoms with Gasteiger partial charge in [-0.05, 0) is 31.5 Å². The summed E-state index contributed by atoms with van der Waals surface area (Å²) in [5.74, 6) is -0.458. The van der Waals surface area contributed by atoms with Crippen molar-refractivity contribution in [3.8, 4) is 0 Å². The van der Waals surface area contributed by atoms with Crippen LogP contribution in [0.3, 0.4) is 0 Å². The van der Waals surface area contributed by atoms with Crippen LogP contribution in [0.2, 0.25) is 0 Å². The van der Waals surface area contributed by atoms with Crippen LogP contribution >= 0.6 is 0 Å². The monoisotopic (exact) mass is 278 g/mol. The zero-order valence-electron chi connectivity index (χ0n) is 12.0. The Morgan fingerprint density at radius 1 is 1.50 bits per heavy atom. The molecule has 2 rings (SSSR count). The molecule has 2 heterocycles. The molecule has 0 unspecified atom stereocenters. The van der Waals surface area contributed by atoms with E-state index in [4.69, 9.17) is 10.8 Å². The molecule has 0 amide bonds. The van der Waals surface area contributed by atoms with Crippen molar-refractivity contribution in [3.63, 3.8) is 0 Å². The van der Waals surface area contributed by atoms with Crippen LogP contribution < -0.4 is 10.6 Å². The number of nitrogens with two attached hydrogens (primary N) is 1. The van der Waals surface area contributed by atoms with Gasteiger partial charge in [0.2, 0.25) is 0 Å². The molecule has 110 valence electrons. The Hall–Kier alpha value is -1.82. The average Bonchev–Trinajstić information content (AvgIpc) is 2.47. The van der Waals surface area contributed by atoms with E-state index in [-0.39, 0.29) is 5.69 Å². The third-order valence-corrected chi connectivity index (χ3v) is 4.01. The van der Waals surface area contributed by atoms with Gasteiger partial charge in [-0.25, -0.2) is 9.78 Å². The van der Waals surface area contributed by atoms with Gasteiger partial charge >= 0.3 is 5.97 Å². The molecule has 3 N–H and O–H groups in total. The van der Waals surface area contributed by atoms with Crippen LogP contribution in [0.4, 0.5) is 11.5 Å². The predicted octanol–water partition coefficient (Wildman–Crippen LogP) is 1.28. The molecule has 1 aliphatic rings. The summed E-state index contributed by atoms with van der Waals surface area (Å²) in [6.07, 6.45) is 2.09. The van der Waals surface area contributed by atoms with E-state index >= 15 is 0 Å². The molecule has 6 heteroatoms. The van der Waals surface area contributed by atoms with Crippen LogP contribution in [-0.4, -0.2) is 53.7 Å². The lowest BCUT2D eigenvalue weighted by molar-refractivity contribution is 0.0690. The second kappa shape index (κ2) is 6.09. The number of carboxylic acids is 1. The van der Waals surface area contributed by atoms with Crippen molar-refractivity contribution in [2.45, 2.75) is 25.8 Å². The first-order valence-electron chi connectivity index (χ1n) is 6.98. The summed E-state index contributed by atoms with van der Waals surface area (Å²) in [6, 6.07) is 3.41. The number of carboxylic acid groups (broad SMARTS) is 1. The molecule has 1 saturated heterocycles. The third-order valence-electron chi connectivity index (χ3n) is 4.01. The fourth-order valence-electron chi connectivity index (χ4n) is 2.66. The van der Waals surface area contributed by atoms with Crippen molar-refractivity contribution in [2.24, 2.45) is 0 Å². The number of piperidine rings is 1. The Morgan fingerprint density at radius 2 is 2.15 bits per heavy atom. The van der Waals surface area contributed by atoms with Crippen LogP contribution in [0, 0.1) is 0 Å². The highest BCUT2D eigenvalue weighted by Gasteiger charge is 2.24. The maximum Gasteiger partial charge on any atom is 0.354 e. The fourth-order valence-corrected chi connectivity index (χ4v) is 2.66. The Kier molecular flexibility index (Phi) is 4.44. The van der Waals surface area contributed by atoms with Gasteiger partial charge in [0.25, 0.3) is 0 Å². The number of rotatable bonds is 4. The smallest absolute Gasteiger partial charge is 0.354 e. The molecule has 0 spiro atoms. The van der Waals surface area contributed by atoms with Gasteiger partial charge < -0.3 is 20.6 Å². The normalized spacial score (nSPS) is 17.1. The van der Waals surface area contributed by atoms with Gasteiger partial charge in [-0.1, -0.05) is 6.92 Å². The molecule has 1 aliphatic heterocycles. The molecular formula is C14H22N4O2. The molecule has 1 fully saturated rings. The van der Waals surface area contributed by atoms with Gasteiger partial charge in [-0.3, -0.25) is 0 Å². The number of likely N-dealkylation sites (tertiary alicyclic amines) is 1. The minimum atomic E-state index is -1.03. The molecule has 0 saturated carbocycles. The summed E-state index contributed by atoms with van der Waals surface area (Å²) in [5.41, 5.74) is 6.50. The fraction of sp³-hybridized carbons (Fsp3) is 0.571. The van der Waals surface area contributed by atoms with E-state index in [0.29, 0.717) is 17.5 Å². The second-order valence-electron chi connectivity index (χ2n) is 5.19. The number of carbonyl (C=O) groups is 1. The van der Waals surface area contributed by atoms with E-state index in [1.54, 1.807) is 6.07 Å². The number of anilines is 2. The second-order valence-corrected chi connectivity index (χ2v) is 5.19. The van der Waals surface area contributed by atoms with Crippen molar-refractivity contribution >= 4 is 17.5 Å². The van der Waals surface area contributed by atoms with E-state index in [1.165, 1.54) is 6.07 Å². The Morgan fingerprint density at radius 3 is 2.70 bits per heavy atom. The van der Waals surface area contributed by atoms with Crippen LogP contribution in [0.1, 0.15) is 30.3 Å². The minimum Gasteiger partial charge on any atom is -0.477 e. The van der Waals surface area contributed by atoms with E-state index in [2.05, 4.69) is 16.8 Å². The van der Waals surface area contributed by atoms with Crippen LogP contribution in [-0.2, 0) is 0 Å². The summed E-state index contributed by atoms with van der Waals surface area (Å²) < 4.78 is 0. The highest BCUT2D eigenvalue weighted by atomic mass is 16.4. The van der Waals surface area contributed by atoms with Gasteiger partial charge in [-0.15, -0.1) is 0 Å². The Balaban J connectivity index is 2.14. The molecule has 0 aliphatic carbocycles. The van der Waals surface area contributed by atoms with Crippen LogP contribution in [0.5, 0.6) is 0 Å². The van der Waals surface area contributed by atoms with Crippen molar-refractivity contribution < 1.29 is 9.90 Å². The summed E-state index contributed by atoms with van der Waals surface area (Å²) in [5, 5.41) is 9.03. The first-order valence-corrected chi connectivity index (χ1v) is 6.98. The highest BCUT2D eigenvalue weighted by molar-refractivity contribution is 5.87. The predicted molar refractivity (Wildman–Crippen MR) is 79.1 cm³/mol. The van der Waals surface area contributed by atoms with Gasteiger partial charge in [-0.2, -0.15) is 0 Å². The lowest BCUT2D eigenvalue weighted by Crippen LogP contribution is -2.43. The van der Waals surface area contributed by atoms with Crippen molar-refractivity contribution in [1.29, 1.82) is 0 Å². The van der Waals surface area contributed by atoms with E-state index in [1.807, 2.05) is 11.9 Å². The minimum absolute atomic E-state index is 0.0343. The van der Waals surface area contributed by atoms with Crippen molar-refractivity contribution in [2.75, 3.05) is 37.3 Å². The zero-order valence-corrected chi connectivity index (χ0v) is 12.0. The van der Waals surface area contributed by atoms with Gasteiger partial charge in [0.1, 0.15) is 0 Å². The largest absolute Gasteiger partial charge is 0.477 e. The molecule has 1 aromatic heterocycles. The number of aromatic nitrogens is 1. The highest BCUT2D eigenvalue weighted by Crippen LogP contribution is 2.25. The van der Waals surface area contributed by atoms with E-state index < -0.39 is 5.97 Å². The molecule has 0 bridgehead atoms. The quantitative estimate of drug-likeness (QED) is 0.863. The summed E-state index contributed by atoms with van der Waals surface area (Å²) in [6.45, 7) is 5.36. The lowest BCUT2D eigenvalue weighted by atomic mass is 10.0.